The molecule has 0 bridgehead atoms. The van der Waals surface area contributed by atoms with E-state index >= 15 is 0 Å². The monoisotopic (exact) mass is 423 g/mol. The molecule has 0 spiro atoms. The molecule has 2 aromatic rings. The number of rotatable bonds is 6. The van der Waals surface area contributed by atoms with Crippen LogP contribution in [0.1, 0.15) is 17.0 Å². The summed E-state index contributed by atoms with van der Waals surface area (Å²) >= 11 is 3.42. The van der Waals surface area contributed by atoms with Crippen LogP contribution in [-0.2, 0) is 14.6 Å². The topological polar surface area (TPSA) is 69.4 Å². The van der Waals surface area contributed by atoms with Crippen LogP contribution in [0, 0.1) is 12.3 Å². The molecule has 1 aliphatic carbocycles. The number of sulfone groups is 1. The minimum absolute atomic E-state index is 0.170. The number of nitrogens with two attached hydrogens (primary N) is 1. The van der Waals surface area contributed by atoms with Crippen LogP contribution in [-0.4, -0.2) is 33.9 Å². The van der Waals surface area contributed by atoms with E-state index < -0.39 is 20.5 Å². The Balaban J connectivity index is 2.05. The van der Waals surface area contributed by atoms with Crippen LogP contribution in [0.3, 0.4) is 0 Å². The van der Waals surface area contributed by atoms with E-state index in [-0.39, 0.29) is 12.5 Å². The van der Waals surface area contributed by atoms with Gasteiger partial charge in [-0.1, -0.05) is 45.8 Å². The van der Waals surface area contributed by atoms with Gasteiger partial charge in [0.15, 0.2) is 9.84 Å². The standard InChI is InChI=1S/C19H22BrNO3S/c1-13-3-9-16(10-4-13)25(22,23)18-17(19(18,11-21)12-24-2)14-5-7-15(20)8-6-14/h3-10,17-18H,11-12,21H2,1-2H3/t17-,18-,19-/m1/s1. The first-order valence-corrected chi connectivity index (χ1v) is 10.5. The van der Waals surface area contributed by atoms with Crippen molar-refractivity contribution in [2.24, 2.45) is 11.1 Å². The molecule has 1 fully saturated rings. The van der Waals surface area contributed by atoms with Crippen molar-refractivity contribution in [1.82, 2.24) is 0 Å². The molecule has 0 aromatic heterocycles. The van der Waals surface area contributed by atoms with Crippen LogP contribution in [0.15, 0.2) is 57.9 Å². The minimum atomic E-state index is -3.50. The molecule has 25 heavy (non-hydrogen) atoms. The Bertz CT molecular complexity index is 849. The second-order valence-electron chi connectivity index (χ2n) is 6.68. The number of methoxy groups -OCH3 is 1. The summed E-state index contributed by atoms with van der Waals surface area (Å²) in [5.74, 6) is -0.170. The molecule has 0 amide bonds. The normalized spacial score (nSPS) is 25.8. The number of hydrogen-bond acceptors (Lipinski definition) is 4. The highest BCUT2D eigenvalue weighted by Crippen LogP contribution is 2.63. The molecule has 0 unspecified atom stereocenters. The van der Waals surface area contributed by atoms with E-state index in [1.807, 2.05) is 43.3 Å². The van der Waals surface area contributed by atoms with E-state index in [1.165, 1.54) is 0 Å². The lowest BCUT2D eigenvalue weighted by atomic mass is 10.0. The van der Waals surface area contributed by atoms with Crippen LogP contribution in [0.4, 0.5) is 0 Å². The van der Waals surface area contributed by atoms with Crippen molar-refractivity contribution in [3.05, 3.63) is 64.1 Å². The van der Waals surface area contributed by atoms with Gasteiger partial charge >= 0.3 is 0 Å². The third-order valence-electron chi connectivity index (χ3n) is 5.09. The first kappa shape index (κ1) is 18.6. The third kappa shape index (κ3) is 3.16. The SMILES string of the molecule is COC[C@]1(CN)[C@H](c2ccc(Br)cc2)[C@H]1S(=O)(=O)c1ccc(C)cc1. The molecule has 2 N–H and O–H groups in total. The highest BCUT2D eigenvalue weighted by molar-refractivity contribution is 9.10. The molecular weight excluding hydrogens is 402 g/mol. The smallest absolute Gasteiger partial charge is 0.182 e. The maximum atomic E-state index is 13.3. The van der Waals surface area contributed by atoms with Gasteiger partial charge in [0.1, 0.15) is 0 Å². The Kier molecular flexibility index (Phi) is 5.08. The molecule has 134 valence electrons. The Morgan fingerprint density at radius 3 is 2.24 bits per heavy atom. The second-order valence-corrected chi connectivity index (χ2v) is 9.66. The maximum absolute atomic E-state index is 13.3. The van der Waals surface area contributed by atoms with E-state index in [1.54, 1.807) is 19.2 Å². The van der Waals surface area contributed by atoms with Crippen molar-refractivity contribution in [3.8, 4) is 0 Å². The summed E-state index contributed by atoms with van der Waals surface area (Å²) in [5, 5.41) is -0.575. The van der Waals surface area contributed by atoms with Crippen molar-refractivity contribution >= 4 is 25.8 Å². The van der Waals surface area contributed by atoms with E-state index in [2.05, 4.69) is 15.9 Å². The molecule has 0 aliphatic heterocycles. The fraction of sp³-hybridized carbons (Fsp3) is 0.368. The summed E-state index contributed by atoms with van der Waals surface area (Å²) < 4.78 is 32.9. The molecule has 4 nitrogen and oxygen atoms in total. The Hall–Kier alpha value is -1.21. The molecule has 0 radical (unpaired) electrons. The highest BCUT2D eigenvalue weighted by Gasteiger charge is 2.70. The van der Waals surface area contributed by atoms with Gasteiger partial charge in [-0.25, -0.2) is 8.42 Å². The van der Waals surface area contributed by atoms with Gasteiger partial charge in [0.2, 0.25) is 0 Å². The number of ether oxygens (including phenoxy) is 1. The van der Waals surface area contributed by atoms with Gasteiger partial charge < -0.3 is 10.5 Å². The van der Waals surface area contributed by atoms with Gasteiger partial charge in [0.25, 0.3) is 0 Å². The number of hydrogen-bond donors (Lipinski definition) is 1. The average molecular weight is 424 g/mol. The molecule has 1 saturated carbocycles. The summed E-state index contributed by atoms with van der Waals surface area (Å²) in [5.41, 5.74) is 7.46. The Morgan fingerprint density at radius 2 is 1.72 bits per heavy atom. The van der Waals surface area contributed by atoms with Gasteiger partial charge in [-0.15, -0.1) is 0 Å². The maximum Gasteiger partial charge on any atom is 0.182 e. The minimum Gasteiger partial charge on any atom is -0.384 e. The lowest BCUT2D eigenvalue weighted by Gasteiger charge is -2.15. The van der Waals surface area contributed by atoms with E-state index in [4.69, 9.17) is 10.5 Å². The van der Waals surface area contributed by atoms with Crippen LogP contribution < -0.4 is 5.73 Å². The largest absolute Gasteiger partial charge is 0.384 e. The summed E-state index contributed by atoms with van der Waals surface area (Å²) in [4.78, 5) is 0.344. The van der Waals surface area contributed by atoms with Gasteiger partial charge in [-0.2, -0.15) is 0 Å². The van der Waals surface area contributed by atoms with Crippen molar-refractivity contribution < 1.29 is 13.2 Å². The van der Waals surface area contributed by atoms with E-state index in [0.29, 0.717) is 11.5 Å². The lowest BCUT2D eigenvalue weighted by Crippen LogP contribution is -2.28. The summed E-state index contributed by atoms with van der Waals surface area (Å²) in [6.45, 7) is 2.52. The van der Waals surface area contributed by atoms with Crippen molar-refractivity contribution in [2.75, 3.05) is 20.3 Å². The molecule has 3 atom stereocenters. The van der Waals surface area contributed by atoms with Gasteiger partial charge in [-0.3, -0.25) is 0 Å². The molecule has 0 saturated heterocycles. The van der Waals surface area contributed by atoms with Crippen molar-refractivity contribution in [2.45, 2.75) is 23.0 Å². The second kappa shape index (κ2) is 6.83. The first-order valence-electron chi connectivity index (χ1n) is 8.12. The van der Waals surface area contributed by atoms with Crippen LogP contribution in [0.25, 0.3) is 0 Å². The highest BCUT2D eigenvalue weighted by atomic mass is 79.9. The lowest BCUT2D eigenvalue weighted by molar-refractivity contribution is 0.142. The fourth-order valence-corrected chi connectivity index (χ4v) is 6.45. The van der Waals surface area contributed by atoms with E-state index in [0.717, 1.165) is 15.6 Å². The molecule has 6 heteroatoms. The summed E-state index contributed by atoms with van der Waals surface area (Å²) in [6, 6.07) is 14.8. The van der Waals surface area contributed by atoms with Crippen LogP contribution in [0.2, 0.25) is 0 Å². The van der Waals surface area contributed by atoms with E-state index in [9.17, 15) is 8.42 Å². The molecule has 2 aromatic carbocycles. The number of halogens is 1. The number of aryl methyl sites for hydroxylation is 1. The predicted molar refractivity (Wildman–Crippen MR) is 102 cm³/mol. The average Bonchev–Trinajstić information content (AvgIpc) is 3.26. The van der Waals surface area contributed by atoms with Gasteiger partial charge in [0.05, 0.1) is 16.8 Å². The Labute approximate surface area is 157 Å². The van der Waals surface area contributed by atoms with Crippen LogP contribution in [0.5, 0.6) is 0 Å². The Morgan fingerprint density at radius 1 is 1.12 bits per heavy atom. The quantitative estimate of drug-likeness (QED) is 0.773. The summed E-state index contributed by atoms with van der Waals surface area (Å²) in [6.07, 6.45) is 0. The van der Waals surface area contributed by atoms with Crippen LogP contribution >= 0.6 is 15.9 Å². The van der Waals surface area contributed by atoms with Crippen molar-refractivity contribution in [3.63, 3.8) is 0 Å². The van der Waals surface area contributed by atoms with Gasteiger partial charge in [-0.05, 0) is 36.8 Å². The fourth-order valence-electron chi connectivity index (χ4n) is 3.74. The molecular formula is C19H22BrNO3S. The third-order valence-corrected chi connectivity index (χ3v) is 7.95. The predicted octanol–water partition coefficient (Wildman–Crippen LogP) is 3.29. The zero-order chi connectivity index (χ0) is 18.2. The van der Waals surface area contributed by atoms with Gasteiger partial charge in [0, 0.05) is 29.5 Å². The first-order chi connectivity index (χ1) is 11.9. The zero-order valence-corrected chi connectivity index (χ0v) is 16.7. The molecule has 1 aliphatic rings. The number of benzene rings is 2. The zero-order valence-electron chi connectivity index (χ0n) is 14.3. The summed E-state index contributed by atoms with van der Waals surface area (Å²) in [7, 11) is -1.92. The van der Waals surface area contributed by atoms with Crippen molar-refractivity contribution in [1.29, 1.82) is 0 Å². The molecule has 0 heterocycles. The molecule has 3 rings (SSSR count).